The summed E-state index contributed by atoms with van der Waals surface area (Å²) in [5.41, 5.74) is 8.29. The van der Waals surface area contributed by atoms with Gasteiger partial charge in [-0.3, -0.25) is 4.40 Å². The van der Waals surface area contributed by atoms with Crippen LogP contribution in [0.2, 0.25) is 0 Å². The minimum atomic E-state index is 0.978. The number of thiophene rings is 2. The summed E-state index contributed by atoms with van der Waals surface area (Å²) in [7, 11) is 0. The van der Waals surface area contributed by atoms with Gasteiger partial charge >= 0.3 is 0 Å². The molecule has 0 bridgehead atoms. The molecule has 0 saturated carbocycles. The molecule has 0 unspecified atom stereocenters. The van der Waals surface area contributed by atoms with Gasteiger partial charge in [-0.05, 0) is 58.0 Å². The lowest BCUT2D eigenvalue weighted by atomic mass is 9.92. The highest BCUT2D eigenvalue weighted by molar-refractivity contribution is 7.27. The van der Waals surface area contributed by atoms with E-state index in [0.717, 1.165) is 16.7 Å². The van der Waals surface area contributed by atoms with Gasteiger partial charge in [-0.15, -0.1) is 22.7 Å². The summed E-state index contributed by atoms with van der Waals surface area (Å²) in [6.45, 7) is 0. The second-order valence-electron chi connectivity index (χ2n) is 11.1. The fraction of sp³-hybridized carbons (Fsp3) is 0. The van der Waals surface area contributed by atoms with Crippen molar-refractivity contribution in [1.29, 1.82) is 0 Å². The predicted octanol–water partition coefficient (Wildman–Crippen LogP) is 11.7. The van der Waals surface area contributed by atoms with Crippen LogP contribution in [-0.4, -0.2) is 9.38 Å². The molecule has 200 valence electrons. The van der Waals surface area contributed by atoms with E-state index in [-0.39, 0.29) is 0 Å². The molecule has 43 heavy (non-hydrogen) atoms. The van der Waals surface area contributed by atoms with Crippen molar-refractivity contribution in [3.05, 3.63) is 134 Å². The van der Waals surface area contributed by atoms with E-state index in [0.29, 0.717) is 0 Å². The molecule has 0 N–H and O–H groups in total. The lowest BCUT2D eigenvalue weighted by molar-refractivity contribution is 1.23. The van der Waals surface area contributed by atoms with Crippen molar-refractivity contribution >= 4 is 90.5 Å². The van der Waals surface area contributed by atoms with Crippen molar-refractivity contribution in [2.75, 3.05) is 0 Å². The first kappa shape index (κ1) is 23.5. The zero-order chi connectivity index (χ0) is 28.1. The molecular formula is C39H22N2S2. The maximum atomic E-state index is 5.13. The van der Waals surface area contributed by atoms with E-state index >= 15 is 0 Å². The van der Waals surface area contributed by atoms with Crippen molar-refractivity contribution in [3.8, 4) is 22.3 Å². The van der Waals surface area contributed by atoms with Crippen molar-refractivity contribution in [2.24, 2.45) is 0 Å². The number of nitrogens with zero attached hydrogens (tertiary/aromatic N) is 2. The van der Waals surface area contributed by atoms with Crippen LogP contribution in [-0.2, 0) is 0 Å². The Balaban J connectivity index is 1.40. The largest absolute Gasteiger partial charge is 0.300 e. The van der Waals surface area contributed by atoms with Gasteiger partial charge in [-0.25, -0.2) is 4.98 Å². The highest BCUT2D eigenvalue weighted by atomic mass is 32.1. The van der Waals surface area contributed by atoms with Crippen LogP contribution >= 0.6 is 22.7 Å². The molecule has 2 nitrogen and oxygen atoms in total. The van der Waals surface area contributed by atoms with E-state index in [1.165, 1.54) is 73.4 Å². The fourth-order valence-corrected chi connectivity index (χ4v) is 9.48. The van der Waals surface area contributed by atoms with Gasteiger partial charge in [0.05, 0.1) is 10.2 Å². The summed E-state index contributed by atoms with van der Waals surface area (Å²) < 4.78 is 7.47. The Labute approximate surface area is 254 Å². The van der Waals surface area contributed by atoms with Gasteiger partial charge in [0.2, 0.25) is 0 Å². The Hall–Kier alpha value is -5.03. The quantitative estimate of drug-likeness (QED) is 0.198. The maximum absolute atomic E-state index is 5.13. The number of hydrogen-bond donors (Lipinski definition) is 0. The fourth-order valence-electron chi connectivity index (χ4n) is 6.91. The summed E-state index contributed by atoms with van der Waals surface area (Å²) in [4.78, 5) is 5.13. The van der Waals surface area contributed by atoms with E-state index < -0.39 is 0 Å². The summed E-state index contributed by atoms with van der Waals surface area (Å²) in [6, 6.07) is 46.4. The molecule has 4 aromatic heterocycles. The van der Waals surface area contributed by atoms with E-state index in [9.17, 15) is 0 Å². The molecule has 10 aromatic rings. The van der Waals surface area contributed by atoms with Crippen molar-refractivity contribution in [3.63, 3.8) is 0 Å². The molecule has 0 fully saturated rings. The third kappa shape index (κ3) is 3.25. The van der Waals surface area contributed by atoms with Gasteiger partial charge in [0, 0.05) is 47.2 Å². The minimum absolute atomic E-state index is 0.978. The average Bonchev–Trinajstić information content (AvgIpc) is 3.76. The topological polar surface area (TPSA) is 17.3 Å². The van der Waals surface area contributed by atoms with E-state index in [1.54, 1.807) is 0 Å². The lowest BCUT2D eigenvalue weighted by Crippen LogP contribution is -1.87. The molecule has 6 aromatic carbocycles. The smallest absolute Gasteiger partial charge is 0.137 e. The summed E-state index contributed by atoms with van der Waals surface area (Å²) >= 11 is 3.77. The monoisotopic (exact) mass is 582 g/mol. The molecule has 0 spiro atoms. The molecule has 4 heteroatoms. The molecule has 0 aliphatic carbocycles. The molecule has 10 rings (SSSR count). The van der Waals surface area contributed by atoms with Gasteiger partial charge in [0.1, 0.15) is 11.2 Å². The van der Waals surface area contributed by atoms with Gasteiger partial charge < -0.3 is 0 Å². The number of hydrogen-bond acceptors (Lipinski definition) is 3. The number of rotatable bonds is 2. The Bertz CT molecular complexity index is 2730. The molecule has 0 atom stereocenters. The highest BCUT2D eigenvalue weighted by Crippen LogP contribution is 2.49. The standard InChI is InChI=1S/C39H22N2S2/c1-2-11-23(12-3-1)24-16-10-17-27-31-21-29(25-13-4-5-14-26(25)38(31)43-37(24)27)30-22-32-36(40-34-19-8-9-20-41(32)34)39-35(30)28-15-6-7-18-33(28)42-39/h1-22H. The van der Waals surface area contributed by atoms with Crippen molar-refractivity contribution in [2.45, 2.75) is 0 Å². The Morgan fingerprint density at radius 2 is 1.23 bits per heavy atom. The van der Waals surface area contributed by atoms with Crippen LogP contribution in [0.3, 0.4) is 0 Å². The zero-order valence-electron chi connectivity index (χ0n) is 22.9. The summed E-state index contributed by atoms with van der Waals surface area (Å²) in [5, 5.41) is 7.81. The van der Waals surface area contributed by atoms with Crippen LogP contribution in [0.1, 0.15) is 0 Å². The third-order valence-corrected chi connectivity index (χ3v) is 11.3. The molecular weight excluding hydrogens is 561 g/mol. The molecule has 0 aliphatic heterocycles. The number of benzene rings is 6. The normalized spacial score (nSPS) is 12.2. The van der Waals surface area contributed by atoms with Gasteiger partial charge in [-0.1, -0.05) is 97.1 Å². The first-order valence-electron chi connectivity index (χ1n) is 14.5. The second kappa shape index (κ2) is 8.74. The number of pyridine rings is 1. The van der Waals surface area contributed by atoms with Crippen LogP contribution < -0.4 is 0 Å². The van der Waals surface area contributed by atoms with Crippen molar-refractivity contribution in [1.82, 2.24) is 9.38 Å². The zero-order valence-corrected chi connectivity index (χ0v) is 24.5. The number of imidazole rings is 1. The Kier molecular flexibility index (Phi) is 4.78. The van der Waals surface area contributed by atoms with E-state index in [1.807, 2.05) is 22.7 Å². The van der Waals surface area contributed by atoms with E-state index in [4.69, 9.17) is 4.98 Å². The van der Waals surface area contributed by atoms with Crippen LogP contribution in [0.4, 0.5) is 0 Å². The minimum Gasteiger partial charge on any atom is -0.300 e. The highest BCUT2D eigenvalue weighted by Gasteiger charge is 2.21. The van der Waals surface area contributed by atoms with Crippen molar-refractivity contribution < 1.29 is 0 Å². The third-order valence-electron chi connectivity index (χ3n) is 8.81. The van der Waals surface area contributed by atoms with Crippen LogP contribution in [0.5, 0.6) is 0 Å². The molecule has 0 amide bonds. The SMILES string of the molecule is c1ccc(-c2cccc3c2sc2c4ccccc4c(-c4cc5c(nc6ccccn65)c5sc6ccccc6c45)cc32)cc1. The van der Waals surface area contributed by atoms with E-state index in [2.05, 4.69) is 138 Å². The molecule has 0 radical (unpaired) electrons. The number of fused-ring (bicyclic) bond motifs is 12. The second-order valence-corrected chi connectivity index (χ2v) is 13.2. The summed E-state index contributed by atoms with van der Waals surface area (Å²) in [5.74, 6) is 0. The number of aromatic nitrogens is 2. The average molecular weight is 583 g/mol. The predicted molar refractivity (Wildman–Crippen MR) is 187 cm³/mol. The van der Waals surface area contributed by atoms with Gasteiger partial charge in [-0.2, -0.15) is 0 Å². The van der Waals surface area contributed by atoms with Crippen LogP contribution in [0.25, 0.3) is 90.1 Å². The first-order valence-corrected chi connectivity index (χ1v) is 16.1. The maximum Gasteiger partial charge on any atom is 0.137 e. The molecule has 0 saturated heterocycles. The lowest BCUT2D eigenvalue weighted by Gasteiger charge is -2.12. The summed E-state index contributed by atoms with van der Waals surface area (Å²) in [6.07, 6.45) is 2.13. The molecule has 0 aliphatic rings. The van der Waals surface area contributed by atoms with Gasteiger partial charge in [0.25, 0.3) is 0 Å². The Morgan fingerprint density at radius 1 is 0.488 bits per heavy atom. The molecule has 4 heterocycles. The van der Waals surface area contributed by atoms with Gasteiger partial charge in [0.15, 0.2) is 0 Å². The van der Waals surface area contributed by atoms with Crippen LogP contribution in [0, 0.1) is 0 Å². The Morgan fingerprint density at radius 3 is 2.14 bits per heavy atom. The van der Waals surface area contributed by atoms with Crippen LogP contribution in [0.15, 0.2) is 134 Å². The first-order chi connectivity index (χ1) is 21.3.